The number of carbonyl (C=O) groups is 1. The maximum absolute atomic E-state index is 11.0. The van der Waals surface area contributed by atoms with Gasteiger partial charge in [-0.15, -0.1) is 5.10 Å². The summed E-state index contributed by atoms with van der Waals surface area (Å²) < 4.78 is 1.77. The zero-order valence-corrected chi connectivity index (χ0v) is 11.2. The highest BCUT2D eigenvalue weighted by Crippen LogP contribution is 2.11. The Morgan fingerprint density at radius 2 is 1.95 bits per heavy atom. The van der Waals surface area contributed by atoms with Crippen molar-refractivity contribution in [1.82, 2.24) is 15.0 Å². The average molecular weight is 255 g/mol. The molecule has 0 saturated carbocycles. The van der Waals surface area contributed by atoms with E-state index in [4.69, 9.17) is 0 Å². The van der Waals surface area contributed by atoms with E-state index in [9.17, 15) is 4.79 Å². The zero-order valence-electron chi connectivity index (χ0n) is 11.2. The van der Waals surface area contributed by atoms with Gasteiger partial charge in [-0.2, -0.15) is 0 Å². The summed E-state index contributed by atoms with van der Waals surface area (Å²) in [6.07, 6.45) is 4.60. The Labute approximate surface area is 112 Å². The third kappa shape index (κ3) is 3.37. The fourth-order valence-electron chi connectivity index (χ4n) is 1.81. The summed E-state index contributed by atoms with van der Waals surface area (Å²) in [5.74, 6) is 0.449. The Bertz CT molecular complexity index is 570. The predicted molar refractivity (Wildman–Crippen MR) is 75.6 cm³/mol. The molecule has 1 aromatic heterocycles. The van der Waals surface area contributed by atoms with Crippen LogP contribution in [0.4, 0.5) is 0 Å². The molecule has 0 saturated heterocycles. The number of nitrogens with zero attached hydrogens (tertiary/aromatic N) is 3. The van der Waals surface area contributed by atoms with Gasteiger partial charge in [-0.05, 0) is 17.6 Å². The van der Waals surface area contributed by atoms with Gasteiger partial charge in [0.25, 0.3) is 0 Å². The van der Waals surface area contributed by atoms with Crippen molar-refractivity contribution < 1.29 is 4.79 Å². The number of hydrogen-bond acceptors (Lipinski definition) is 3. The van der Waals surface area contributed by atoms with Crippen molar-refractivity contribution in [1.29, 1.82) is 0 Å². The van der Waals surface area contributed by atoms with Gasteiger partial charge in [0.2, 0.25) is 0 Å². The van der Waals surface area contributed by atoms with Gasteiger partial charge in [0.15, 0.2) is 12.0 Å². The van der Waals surface area contributed by atoms with Crippen molar-refractivity contribution in [2.24, 2.45) is 5.92 Å². The molecule has 0 bridgehead atoms. The van der Waals surface area contributed by atoms with E-state index in [-0.39, 0.29) is 0 Å². The van der Waals surface area contributed by atoms with E-state index < -0.39 is 0 Å². The lowest BCUT2D eigenvalue weighted by atomic mass is 10.2. The van der Waals surface area contributed by atoms with Crippen LogP contribution in [0.3, 0.4) is 0 Å². The molecule has 1 heterocycles. The monoisotopic (exact) mass is 255 g/mol. The van der Waals surface area contributed by atoms with Gasteiger partial charge in [0.1, 0.15) is 0 Å². The maximum Gasteiger partial charge on any atom is 0.172 e. The molecule has 0 fully saturated rings. The van der Waals surface area contributed by atoms with E-state index in [0.29, 0.717) is 11.6 Å². The molecule has 0 aliphatic carbocycles. The van der Waals surface area contributed by atoms with Crippen LogP contribution in [0.2, 0.25) is 0 Å². The van der Waals surface area contributed by atoms with Crippen molar-refractivity contribution in [3.8, 4) is 0 Å². The van der Waals surface area contributed by atoms with Gasteiger partial charge in [-0.3, -0.25) is 4.79 Å². The van der Waals surface area contributed by atoms with Crippen LogP contribution in [0.5, 0.6) is 0 Å². The minimum absolute atomic E-state index is 0.382. The average Bonchev–Trinajstić information content (AvgIpc) is 2.79. The van der Waals surface area contributed by atoms with E-state index >= 15 is 0 Å². The maximum atomic E-state index is 11.0. The summed E-state index contributed by atoms with van der Waals surface area (Å²) in [4.78, 5) is 11.0. The molecule has 0 aliphatic heterocycles. The molecule has 4 heteroatoms. The fourth-order valence-corrected chi connectivity index (χ4v) is 1.81. The topological polar surface area (TPSA) is 47.8 Å². The lowest BCUT2D eigenvalue weighted by Gasteiger charge is -2.06. The quantitative estimate of drug-likeness (QED) is 0.772. The lowest BCUT2D eigenvalue weighted by molar-refractivity contribution is 0.111. The Hall–Kier alpha value is -2.23. The number of carbonyl (C=O) groups excluding carboxylic acids is 1. The summed E-state index contributed by atoms with van der Waals surface area (Å²) in [7, 11) is 0. The first kappa shape index (κ1) is 13.2. The summed E-state index contributed by atoms with van der Waals surface area (Å²) in [6, 6.07) is 9.94. The predicted octanol–water partition coefficient (Wildman–Crippen LogP) is 2.92. The highest BCUT2D eigenvalue weighted by atomic mass is 16.1. The van der Waals surface area contributed by atoms with Crippen LogP contribution in [0.1, 0.15) is 35.6 Å². The second-order valence-electron chi connectivity index (χ2n) is 4.80. The first-order valence-corrected chi connectivity index (χ1v) is 6.32. The lowest BCUT2D eigenvalue weighted by Crippen LogP contribution is -2.08. The molecule has 0 unspecified atom stereocenters. The number of hydrogen-bond donors (Lipinski definition) is 0. The molecule has 1 aromatic carbocycles. The van der Waals surface area contributed by atoms with Gasteiger partial charge < -0.3 is 0 Å². The van der Waals surface area contributed by atoms with Crippen LogP contribution in [0.25, 0.3) is 12.2 Å². The van der Waals surface area contributed by atoms with Crippen molar-refractivity contribution in [3.05, 3.63) is 47.3 Å². The zero-order chi connectivity index (χ0) is 13.7. The van der Waals surface area contributed by atoms with Gasteiger partial charge in [0.05, 0.1) is 5.69 Å². The van der Waals surface area contributed by atoms with E-state index in [1.165, 1.54) is 0 Å². The highest BCUT2D eigenvalue weighted by Gasteiger charge is 2.10. The van der Waals surface area contributed by atoms with Gasteiger partial charge in [-0.25, -0.2) is 4.68 Å². The first-order valence-electron chi connectivity index (χ1n) is 6.32. The Balaban J connectivity index is 2.30. The Kier molecular flexibility index (Phi) is 4.23. The molecule has 2 aromatic rings. The molecule has 0 N–H and O–H groups in total. The molecule has 19 heavy (non-hydrogen) atoms. The molecule has 0 spiro atoms. The van der Waals surface area contributed by atoms with Crippen LogP contribution in [0.15, 0.2) is 30.3 Å². The standard InChI is InChI=1S/C15H17N3O/c1-12(2)10-18-15(14(11-19)16-17-18)9-8-13-6-4-3-5-7-13/h3-9,11-12H,10H2,1-2H3/b9-8+. The van der Waals surface area contributed by atoms with Crippen molar-refractivity contribution >= 4 is 18.4 Å². The number of benzene rings is 1. The molecular weight excluding hydrogens is 238 g/mol. The molecule has 0 radical (unpaired) electrons. The van der Waals surface area contributed by atoms with Crippen LogP contribution in [-0.2, 0) is 6.54 Å². The molecule has 0 atom stereocenters. The van der Waals surface area contributed by atoms with Crippen molar-refractivity contribution in [2.75, 3.05) is 0 Å². The van der Waals surface area contributed by atoms with Crippen LogP contribution >= 0.6 is 0 Å². The smallest absolute Gasteiger partial charge is 0.172 e. The number of aldehydes is 1. The molecule has 98 valence electrons. The van der Waals surface area contributed by atoms with Crippen LogP contribution in [-0.4, -0.2) is 21.3 Å². The fraction of sp³-hybridized carbons (Fsp3) is 0.267. The Morgan fingerprint density at radius 1 is 1.21 bits per heavy atom. The van der Waals surface area contributed by atoms with Gasteiger partial charge >= 0.3 is 0 Å². The van der Waals surface area contributed by atoms with E-state index in [0.717, 1.165) is 24.1 Å². The minimum Gasteiger partial charge on any atom is -0.296 e. The number of aromatic nitrogens is 3. The highest BCUT2D eigenvalue weighted by molar-refractivity contribution is 5.81. The molecule has 0 amide bonds. The normalized spacial score (nSPS) is 11.3. The van der Waals surface area contributed by atoms with Crippen LogP contribution < -0.4 is 0 Å². The summed E-state index contributed by atoms with van der Waals surface area (Å²) >= 11 is 0. The molecule has 2 rings (SSSR count). The summed E-state index contributed by atoms with van der Waals surface area (Å²) in [6.45, 7) is 4.95. The van der Waals surface area contributed by atoms with Crippen molar-refractivity contribution in [3.63, 3.8) is 0 Å². The Morgan fingerprint density at radius 3 is 2.58 bits per heavy atom. The van der Waals surface area contributed by atoms with Gasteiger partial charge in [0, 0.05) is 6.54 Å². The molecule has 0 aliphatic rings. The van der Waals surface area contributed by atoms with Gasteiger partial charge in [-0.1, -0.05) is 55.5 Å². The molecular formula is C15H17N3O. The summed E-state index contributed by atoms with van der Waals surface area (Å²) in [5, 5.41) is 7.92. The largest absolute Gasteiger partial charge is 0.296 e. The van der Waals surface area contributed by atoms with E-state index in [1.807, 2.05) is 42.5 Å². The third-order valence-electron chi connectivity index (χ3n) is 2.68. The number of rotatable bonds is 5. The SMILES string of the molecule is CC(C)Cn1nnc(C=O)c1/C=C/c1ccccc1. The van der Waals surface area contributed by atoms with E-state index in [1.54, 1.807) is 4.68 Å². The first-order chi connectivity index (χ1) is 9.20. The second-order valence-corrected chi connectivity index (χ2v) is 4.80. The summed E-state index contributed by atoms with van der Waals surface area (Å²) in [5.41, 5.74) is 2.22. The molecule has 4 nitrogen and oxygen atoms in total. The van der Waals surface area contributed by atoms with E-state index in [2.05, 4.69) is 24.2 Å². The van der Waals surface area contributed by atoms with Crippen LogP contribution in [0, 0.1) is 5.92 Å². The minimum atomic E-state index is 0.382. The third-order valence-corrected chi connectivity index (χ3v) is 2.68. The second kappa shape index (κ2) is 6.09. The van der Waals surface area contributed by atoms with Crippen molar-refractivity contribution in [2.45, 2.75) is 20.4 Å².